The second-order valence-corrected chi connectivity index (χ2v) is 12.3. The lowest BCUT2D eigenvalue weighted by molar-refractivity contribution is -0.123. The molecule has 4 aromatic carbocycles. The fraction of sp³-hybridized carbons (Fsp3) is 0.250. The summed E-state index contributed by atoms with van der Waals surface area (Å²) in [5.74, 6) is 1.53. The van der Waals surface area contributed by atoms with Gasteiger partial charge in [-0.25, -0.2) is 0 Å². The number of nitrogens with two attached hydrogens (primary N) is 1. The van der Waals surface area contributed by atoms with Gasteiger partial charge in [-0.3, -0.25) is 9.59 Å². The number of carbonyl (C=O) groups is 2. The maximum Gasteiger partial charge on any atom is 0.253 e. The van der Waals surface area contributed by atoms with Crippen LogP contribution in [-0.2, 0) is 17.9 Å². The number of nitrogens with one attached hydrogen (secondary N) is 1. The van der Waals surface area contributed by atoms with E-state index in [1.807, 2.05) is 121 Å². The molecule has 1 aliphatic heterocycles. The maximum absolute atomic E-state index is 12.8. The number of aryl methyl sites for hydroxylation is 1. The number of amides is 2. The molecule has 1 atom stereocenters. The fourth-order valence-electron chi connectivity index (χ4n) is 5.87. The minimum absolute atomic E-state index is 0.00918. The third-order valence-corrected chi connectivity index (χ3v) is 8.70. The Morgan fingerprint density at radius 1 is 0.872 bits per heavy atom. The molecule has 240 valence electrons. The summed E-state index contributed by atoms with van der Waals surface area (Å²) in [6.07, 6.45) is 8.46. The average Bonchev–Trinajstić information content (AvgIpc) is 3.11. The molecular weight excluding hydrogens is 586 g/mol. The minimum atomic E-state index is -0.188. The van der Waals surface area contributed by atoms with E-state index in [2.05, 4.69) is 11.4 Å². The second kappa shape index (κ2) is 14.9. The first-order valence-corrected chi connectivity index (χ1v) is 16.2. The van der Waals surface area contributed by atoms with Crippen molar-refractivity contribution in [1.82, 2.24) is 10.2 Å². The largest absolute Gasteiger partial charge is 0.490 e. The quantitative estimate of drug-likeness (QED) is 0.183. The van der Waals surface area contributed by atoms with Crippen LogP contribution in [0.25, 0.3) is 5.57 Å². The molecule has 1 heterocycles. The summed E-state index contributed by atoms with van der Waals surface area (Å²) >= 11 is 0. The summed E-state index contributed by atoms with van der Waals surface area (Å²) < 4.78 is 12.3. The van der Waals surface area contributed by atoms with Crippen molar-refractivity contribution in [3.05, 3.63) is 143 Å². The van der Waals surface area contributed by atoms with E-state index in [1.54, 1.807) is 0 Å². The van der Waals surface area contributed by atoms with Gasteiger partial charge in [-0.05, 0) is 84.1 Å². The van der Waals surface area contributed by atoms with E-state index in [1.165, 1.54) is 0 Å². The summed E-state index contributed by atoms with van der Waals surface area (Å²) in [7, 11) is 0. The van der Waals surface area contributed by atoms with Gasteiger partial charge in [0.15, 0.2) is 0 Å². The summed E-state index contributed by atoms with van der Waals surface area (Å²) in [6, 6.07) is 31.4. The molecule has 2 amide bonds. The normalized spacial score (nSPS) is 16.3. The Bertz CT molecular complexity index is 1740. The van der Waals surface area contributed by atoms with Gasteiger partial charge in [-0.2, -0.15) is 0 Å². The number of anilines is 1. The van der Waals surface area contributed by atoms with E-state index >= 15 is 0 Å². The Kier molecular flexibility index (Phi) is 10.0. The highest BCUT2D eigenvalue weighted by Crippen LogP contribution is 2.27. The second-order valence-electron chi connectivity index (χ2n) is 12.3. The first-order valence-electron chi connectivity index (χ1n) is 16.2. The van der Waals surface area contributed by atoms with Crippen LogP contribution in [0, 0.1) is 12.8 Å². The molecule has 4 aromatic rings. The van der Waals surface area contributed by atoms with Gasteiger partial charge in [0.2, 0.25) is 5.91 Å². The Morgan fingerprint density at radius 3 is 2.28 bits per heavy atom. The maximum atomic E-state index is 12.8. The zero-order chi connectivity index (χ0) is 32.6. The van der Waals surface area contributed by atoms with Gasteiger partial charge in [0, 0.05) is 43.7 Å². The molecule has 6 rings (SSSR count). The van der Waals surface area contributed by atoms with Gasteiger partial charge >= 0.3 is 0 Å². The summed E-state index contributed by atoms with van der Waals surface area (Å²) in [5, 5.41) is 3.01. The number of piperidine rings is 1. The number of carbonyl (C=O) groups excluding carboxylic acids is 2. The lowest BCUT2D eigenvalue weighted by Crippen LogP contribution is -2.41. The summed E-state index contributed by atoms with van der Waals surface area (Å²) in [6.45, 7) is 4.32. The molecule has 1 aliphatic carbocycles. The van der Waals surface area contributed by atoms with Crippen LogP contribution in [0.3, 0.4) is 0 Å². The van der Waals surface area contributed by atoms with Crippen molar-refractivity contribution in [2.75, 3.05) is 18.8 Å². The fourth-order valence-corrected chi connectivity index (χ4v) is 5.87. The summed E-state index contributed by atoms with van der Waals surface area (Å²) in [4.78, 5) is 27.4. The third kappa shape index (κ3) is 8.50. The number of ether oxygens (including phenoxy) is 2. The van der Waals surface area contributed by atoms with E-state index < -0.39 is 0 Å². The van der Waals surface area contributed by atoms with Gasteiger partial charge in [0.05, 0.1) is 5.92 Å². The minimum Gasteiger partial charge on any atom is -0.490 e. The topological polar surface area (TPSA) is 93.9 Å². The molecule has 47 heavy (non-hydrogen) atoms. The number of hydrogen-bond acceptors (Lipinski definition) is 5. The van der Waals surface area contributed by atoms with Crippen LogP contribution in [0.2, 0.25) is 0 Å². The highest BCUT2D eigenvalue weighted by atomic mass is 16.5. The van der Waals surface area contributed by atoms with Gasteiger partial charge in [0.25, 0.3) is 5.91 Å². The molecule has 1 saturated heterocycles. The smallest absolute Gasteiger partial charge is 0.253 e. The van der Waals surface area contributed by atoms with Gasteiger partial charge in [0.1, 0.15) is 24.2 Å². The number of benzene rings is 4. The molecule has 1 fully saturated rings. The molecule has 7 nitrogen and oxygen atoms in total. The highest BCUT2D eigenvalue weighted by molar-refractivity contribution is 5.94. The lowest BCUT2D eigenvalue weighted by Gasteiger charge is -2.32. The number of nitrogen functional groups attached to an aromatic ring is 1. The first kappa shape index (κ1) is 31.7. The Balaban J connectivity index is 0.918. The summed E-state index contributed by atoms with van der Waals surface area (Å²) in [5.41, 5.74) is 12.6. The number of rotatable bonds is 10. The Labute approximate surface area is 276 Å². The van der Waals surface area contributed by atoms with E-state index in [0.29, 0.717) is 38.3 Å². The van der Waals surface area contributed by atoms with Crippen LogP contribution in [0.4, 0.5) is 5.69 Å². The van der Waals surface area contributed by atoms with Crippen LogP contribution in [-0.4, -0.2) is 35.9 Å². The molecule has 0 bridgehead atoms. The molecule has 0 saturated carbocycles. The van der Waals surface area contributed by atoms with Gasteiger partial charge in [-0.1, -0.05) is 72.3 Å². The standard InChI is InChI=1S/C40H41N3O4/c1-28-5-9-34(10-6-28)40(45)43-23-21-38(22-24-43)47-37-17-7-29(8-18-37)27-46-36-19-15-32(16-20-36)31-11-13-33(14-12-31)39(44)42-26-30-3-2-4-35(41)25-30/h2-13,15-20,25,33,38H,14,21-24,26-27,41H2,1H3,(H,42,44). The van der Waals surface area contributed by atoms with Crippen molar-refractivity contribution < 1.29 is 19.1 Å². The monoisotopic (exact) mass is 627 g/mol. The number of allylic oxidation sites excluding steroid dienone is 3. The van der Waals surface area contributed by atoms with Crippen molar-refractivity contribution in [2.45, 2.75) is 45.4 Å². The molecule has 2 aliphatic rings. The first-order chi connectivity index (χ1) is 22.9. The van der Waals surface area contributed by atoms with Crippen LogP contribution in [0.15, 0.2) is 115 Å². The number of hydrogen-bond donors (Lipinski definition) is 2. The van der Waals surface area contributed by atoms with E-state index in [9.17, 15) is 9.59 Å². The van der Waals surface area contributed by atoms with E-state index in [0.717, 1.165) is 57.7 Å². The average molecular weight is 628 g/mol. The molecule has 1 unspecified atom stereocenters. The van der Waals surface area contributed by atoms with E-state index in [4.69, 9.17) is 15.2 Å². The molecule has 0 aromatic heterocycles. The van der Waals surface area contributed by atoms with Crippen LogP contribution in [0.5, 0.6) is 11.5 Å². The molecule has 0 spiro atoms. The number of nitrogens with zero attached hydrogens (tertiary/aromatic N) is 1. The predicted octanol–water partition coefficient (Wildman–Crippen LogP) is 7.12. The van der Waals surface area contributed by atoms with Gasteiger partial charge in [-0.15, -0.1) is 0 Å². The Hall–Kier alpha value is -5.30. The van der Waals surface area contributed by atoms with Crippen LogP contribution in [0.1, 0.15) is 51.9 Å². The molecule has 0 radical (unpaired) electrons. The van der Waals surface area contributed by atoms with Crippen molar-refractivity contribution in [2.24, 2.45) is 5.92 Å². The molecule has 3 N–H and O–H groups in total. The molecular formula is C40H41N3O4. The van der Waals surface area contributed by atoms with Crippen molar-refractivity contribution >= 4 is 23.1 Å². The van der Waals surface area contributed by atoms with E-state index in [-0.39, 0.29) is 23.8 Å². The van der Waals surface area contributed by atoms with Crippen molar-refractivity contribution in [1.29, 1.82) is 0 Å². The van der Waals surface area contributed by atoms with Crippen molar-refractivity contribution in [3.8, 4) is 11.5 Å². The lowest BCUT2D eigenvalue weighted by atomic mass is 9.92. The highest BCUT2D eigenvalue weighted by Gasteiger charge is 2.25. The van der Waals surface area contributed by atoms with Crippen LogP contribution >= 0.6 is 0 Å². The SMILES string of the molecule is Cc1ccc(C(=O)N2CCC(Oc3ccc(COc4ccc(C5=CCC(C(=O)NCc6cccc(N)c6)C=C5)cc4)cc3)CC2)cc1. The third-order valence-electron chi connectivity index (χ3n) is 8.70. The Morgan fingerprint density at radius 2 is 1.60 bits per heavy atom. The number of likely N-dealkylation sites (tertiary alicyclic amines) is 1. The zero-order valence-corrected chi connectivity index (χ0v) is 26.7. The zero-order valence-electron chi connectivity index (χ0n) is 26.7. The predicted molar refractivity (Wildman–Crippen MR) is 186 cm³/mol. The van der Waals surface area contributed by atoms with Gasteiger partial charge < -0.3 is 25.4 Å². The molecule has 7 heteroatoms. The van der Waals surface area contributed by atoms with Crippen LogP contribution < -0.4 is 20.5 Å². The van der Waals surface area contributed by atoms with Crippen molar-refractivity contribution in [3.63, 3.8) is 0 Å².